The van der Waals surface area contributed by atoms with Crippen molar-refractivity contribution in [3.8, 4) is 5.75 Å². The van der Waals surface area contributed by atoms with E-state index in [2.05, 4.69) is 0 Å². The first-order valence-corrected chi connectivity index (χ1v) is 3.84. The summed E-state index contributed by atoms with van der Waals surface area (Å²) in [6, 6.07) is 5.26. The van der Waals surface area contributed by atoms with Crippen LogP contribution in [0.1, 0.15) is 0 Å². The topological polar surface area (TPSA) is 38.8 Å². The number of halogens is 1. The normalized spacial score (nSPS) is 19.6. The highest BCUT2D eigenvalue weighted by Crippen LogP contribution is 2.16. The molecule has 1 aromatic carbocycles. The summed E-state index contributed by atoms with van der Waals surface area (Å²) in [5.41, 5.74) is 0. The Hall–Kier alpha value is -1.42. The fourth-order valence-electron chi connectivity index (χ4n) is 0.869. The van der Waals surface area contributed by atoms with Gasteiger partial charge in [-0.1, -0.05) is 0 Å². The van der Waals surface area contributed by atoms with Crippen molar-refractivity contribution in [2.45, 2.75) is 6.10 Å². The molecule has 1 saturated heterocycles. The lowest BCUT2D eigenvalue weighted by Crippen LogP contribution is -2.14. The van der Waals surface area contributed by atoms with E-state index in [-0.39, 0.29) is 5.82 Å². The number of carbonyl (C=O) groups is 1. The summed E-state index contributed by atoms with van der Waals surface area (Å²) in [7, 11) is 0. The largest absolute Gasteiger partial charge is 0.425 e. The molecule has 0 amide bonds. The Morgan fingerprint density at radius 2 is 2.08 bits per heavy atom. The van der Waals surface area contributed by atoms with E-state index < -0.39 is 12.1 Å². The van der Waals surface area contributed by atoms with Crippen molar-refractivity contribution in [1.82, 2.24) is 0 Å². The van der Waals surface area contributed by atoms with Crippen LogP contribution in [0.25, 0.3) is 0 Å². The van der Waals surface area contributed by atoms with Crippen molar-refractivity contribution in [2.75, 3.05) is 6.61 Å². The first-order valence-electron chi connectivity index (χ1n) is 3.84. The fourth-order valence-corrected chi connectivity index (χ4v) is 0.869. The number of esters is 1. The van der Waals surface area contributed by atoms with Gasteiger partial charge >= 0.3 is 5.97 Å². The lowest BCUT2D eigenvalue weighted by atomic mass is 10.3. The van der Waals surface area contributed by atoms with Crippen molar-refractivity contribution in [2.24, 2.45) is 0 Å². The van der Waals surface area contributed by atoms with Crippen LogP contribution in [0.3, 0.4) is 0 Å². The van der Waals surface area contributed by atoms with Gasteiger partial charge in [-0.25, -0.2) is 9.18 Å². The minimum absolute atomic E-state index is 0.335. The van der Waals surface area contributed by atoms with E-state index in [9.17, 15) is 9.18 Å². The molecule has 1 aliphatic rings. The van der Waals surface area contributed by atoms with Gasteiger partial charge in [0.05, 0.1) is 6.61 Å². The van der Waals surface area contributed by atoms with E-state index >= 15 is 0 Å². The molecule has 0 saturated carbocycles. The number of hydrogen-bond acceptors (Lipinski definition) is 3. The van der Waals surface area contributed by atoms with Crippen LogP contribution in [0.4, 0.5) is 4.39 Å². The third kappa shape index (κ3) is 2.03. The molecule has 4 heteroatoms. The van der Waals surface area contributed by atoms with Crippen LogP contribution in [0.15, 0.2) is 24.3 Å². The van der Waals surface area contributed by atoms with Gasteiger partial charge in [0.1, 0.15) is 11.6 Å². The highest BCUT2D eigenvalue weighted by Gasteiger charge is 2.33. The lowest BCUT2D eigenvalue weighted by Gasteiger charge is -2.00. The molecular weight excluding hydrogens is 175 g/mol. The molecule has 1 unspecified atom stereocenters. The summed E-state index contributed by atoms with van der Waals surface area (Å²) < 4.78 is 22.0. The first-order chi connectivity index (χ1) is 6.25. The van der Waals surface area contributed by atoms with Crippen LogP contribution in [0, 0.1) is 5.82 Å². The van der Waals surface area contributed by atoms with Gasteiger partial charge in [-0.3, -0.25) is 0 Å². The van der Waals surface area contributed by atoms with Crippen molar-refractivity contribution in [3.05, 3.63) is 30.1 Å². The Morgan fingerprint density at radius 1 is 1.46 bits per heavy atom. The van der Waals surface area contributed by atoms with Crippen molar-refractivity contribution in [1.29, 1.82) is 0 Å². The number of benzene rings is 1. The highest BCUT2D eigenvalue weighted by molar-refractivity contribution is 5.79. The molecule has 1 atom stereocenters. The van der Waals surface area contributed by atoms with Crippen molar-refractivity contribution >= 4 is 5.97 Å². The third-order valence-corrected chi connectivity index (χ3v) is 1.63. The Bertz CT molecular complexity index is 316. The smallest absolute Gasteiger partial charge is 0.343 e. The Balaban J connectivity index is 2.00. The summed E-state index contributed by atoms with van der Waals surface area (Å²) in [6.07, 6.45) is -0.426. The molecule has 0 spiro atoms. The highest BCUT2D eigenvalue weighted by atomic mass is 19.1. The van der Waals surface area contributed by atoms with Gasteiger partial charge in [0, 0.05) is 0 Å². The molecular formula is C9H7FO3. The number of hydrogen-bond donors (Lipinski definition) is 0. The molecule has 0 aromatic heterocycles. The van der Waals surface area contributed by atoms with Gasteiger partial charge in [0.2, 0.25) is 0 Å². The summed E-state index contributed by atoms with van der Waals surface area (Å²) in [5.74, 6) is -0.448. The maximum Gasteiger partial charge on any atom is 0.343 e. The second-order valence-corrected chi connectivity index (χ2v) is 2.70. The number of epoxide rings is 1. The maximum atomic E-state index is 12.4. The molecule has 1 aromatic rings. The van der Waals surface area contributed by atoms with Gasteiger partial charge < -0.3 is 9.47 Å². The van der Waals surface area contributed by atoms with E-state index in [0.29, 0.717) is 12.4 Å². The van der Waals surface area contributed by atoms with Gasteiger partial charge in [0.25, 0.3) is 0 Å². The van der Waals surface area contributed by atoms with Gasteiger partial charge in [-0.2, -0.15) is 0 Å². The number of carbonyl (C=O) groups excluding carboxylic acids is 1. The zero-order valence-corrected chi connectivity index (χ0v) is 6.70. The molecule has 1 fully saturated rings. The summed E-state index contributed by atoms with van der Waals surface area (Å²) >= 11 is 0. The standard InChI is InChI=1S/C9H7FO3/c10-6-1-3-7(4-2-6)13-9(11)8-5-12-8/h1-4,8H,5H2. The van der Waals surface area contributed by atoms with Crippen LogP contribution in [-0.4, -0.2) is 18.7 Å². The van der Waals surface area contributed by atoms with Crippen LogP contribution < -0.4 is 4.74 Å². The minimum atomic E-state index is -0.426. The van der Waals surface area contributed by atoms with E-state index in [4.69, 9.17) is 9.47 Å². The predicted molar refractivity (Wildman–Crippen MR) is 41.8 cm³/mol. The molecule has 1 heterocycles. The number of rotatable bonds is 2. The number of ether oxygens (including phenoxy) is 2. The predicted octanol–water partition coefficient (Wildman–Crippen LogP) is 1.13. The molecule has 0 radical (unpaired) electrons. The van der Waals surface area contributed by atoms with Crippen LogP contribution in [-0.2, 0) is 9.53 Å². The molecule has 1 aliphatic heterocycles. The molecule has 68 valence electrons. The zero-order valence-electron chi connectivity index (χ0n) is 6.70. The van der Waals surface area contributed by atoms with Crippen LogP contribution in [0.5, 0.6) is 5.75 Å². The second kappa shape index (κ2) is 3.14. The molecule has 0 bridgehead atoms. The maximum absolute atomic E-state index is 12.4. The van der Waals surface area contributed by atoms with E-state index in [1.165, 1.54) is 24.3 Å². The Labute approximate surface area is 74.1 Å². The van der Waals surface area contributed by atoms with E-state index in [1.54, 1.807) is 0 Å². The van der Waals surface area contributed by atoms with E-state index in [0.717, 1.165) is 0 Å². The SMILES string of the molecule is O=C(Oc1ccc(F)cc1)C1CO1. The average molecular weight is 182 g/mol. The van der Waals surface area contributed by atoms with Crippen molar-refractivity contribution < 1.29 is 18.7 Å². The average Bonchev–Trinajstić information content (AvgIpc) is 2.91. The fraction of sp³-hybridized carbons (Fsp3) is 0.222. The molecule has 3 nitrogen and oxygen atoms in total. The molecule has 0 aliphatic carbocycles. The molecule has 0 N–H and O–H groups in total. The van der Waals surface area contributed by atoms with E-state index in [1.807, 2.05) is 0 Å². The Morgan fingerprint density at radius 3 is 2.62 bits per heavy atom. The van der Waals surface area contributed by atoms with Crippen LogP contribution in [0.2, 0.25) is 0 Å². The zero-order chi connectivity index (χ0) is 9.26. The van der Waals surface area contributed by atoms with Gasteiger partial charge in [0.15, 0.2) is 6.10 Å². The second-order valence-electron chi connectivity index (χ2n) is 2.70. The minimum Gasteiger partial charge on any atom is -0.425 e. The third-order valence-electron chi connectivity index (χ3n) is 1.63. The summed E-state index contributed by atoms with van der Waals surface area (Å²) in [6.45, 7) is 0.417. The van der Waals surface area contributed by atoms with Gasteiger partial charge in [-0.05, 0) is 24.3 Å². The van der Waals surface area contributed by atoms with Gasteiger partial charge in [-0.15, -0.1) is 0 Å². The summed E-state index contributed by atoms with van der Waals surface area (Å²) in [4.78, 5) is 11.0. The molecule has 2 rings (SSSR count). The quantitative estimate of drug-likeness (QED) is 0.391. The van der Waals surface area contributed by atoms with Crippen LogP contribution >= 0.6 is 0 Å². The van der Waals surface area contributed by atoms with Crippen molar-refractivity contribution in [3.63, 3.8) is 0 Å². The summed E-state index contributed by atoms with van der Waals surface area (Å²) in [5, 5.41) is 0. The lowest BCUT2D eigenvalue weighted by molar-refractivity contribution is -0.135. The Kier molecular flexibility index (Phi) is 1.98. The monoisotopic (exact) mass is 182 g/mol. The first kappa shape index (κ1) is 8.19. The molecule has 13 heavy (non-hydrogen) atoms.